The van der Waals surface area contributed by atoms with Gasteiger partial charge in [0.05, 0.1) is 11.1 Å². The molecular weight excluding hydrogens is 750 g/mol. The van der Waals surface area contributed by atoms with Gasteiger partial charge >= 0.3 is 0 Å². The predicted molar refractivity (Wildman–Crippen MR) is 227 cm³/mol. The number of nitrogens with zero attached hydrogens (tertiary/aromatic N) is 4. The third-order valence-electron chi connectivity index (χ3n) is 12.0. The number of imide groups is 2. The van der Waals surface area contributed by atoms with Gasteiger partial charge < -0.3 is 9.64 Å². The number of hydrogen-bond donors (Lipinski definition) is 1. The van der Waals surface area contributed by atoms with Gasteiger partial charge in [-0.2, -0.15) is 0 Å². The van der Waals surface area contributed by atoms with E-state index in [9.17, 15) is 19.2 Å². The maximum Gasteiger partial charge on any atom is 0.262 e. The first-order chi connectivity index (χ1) is 28.4. The Hall–Kier alpha value is -5.29. The molecule has 0 aromatic heterocycles. The van der Waals surface area contributed by atoms with Gasteiger partial charge in [-0.3, -0.25) is 39.2 Å². The number of ether oxygens (including phenoxy) is 1. The van der Waals surface area contributed by atoms with Crippen molar-refractivity contribution in [1.82, 2.24) is 20.0 Å². The van der Waals surface area contributed by atoms with E-state index in [1.807, 2.05) is 18.2 Å². The highest BCUT2D eigenvalue weighted by molar-refractivity contribution is 6.23. The van der Waals surface area contributed by atoms with Crippen LogP contribution in [0.4, 0.5) is 5.69 Å². The summed E-state index contributed by atoms with van der Waals surface area (Å²) in [6.45, 7) is 8.30. The summed E-state index contributed by atoms with van der Waals surface area (Å²) in [4.78, 5) is 58.9. The van der Waals surface area contributed by atoms with Crippen molar-refractivity contribution in [2.75, 3.05) is 69.7 Å². The molecule has 4 aromatic rings. The van der Waals surface area contributed by atoms with Crippen LogP contribution in [-0.4, -0.2) is 109 Å². The van der Waals surface area contributed by atoms with Crippen molar-refractivity contribution < 1.29 is 23.9 Å². The summed E-state index contributed by atoms with van der Waals surface area (Å²) < 4.78 is 6.26. The minimum absolute atomic E-state index is 0.103. The molecule has 4 aromatic carbocycles. The lowest BCUT2D eigenvalue weighted by atomic mass is 9.88. The zero-order valence-corrected chi connectivity index (χ0v) is 33.5. The lowest BCUT2D eigenvalue weighted by Crippen LogP contribution is -2.54. The molecule has 4 aliphatic rings. The van der Waals surface area contributed by atoms with Gasteiger partial charge in [0, 0.05) is 57.3 Å². The Kier molecular flexibility index (Phi) is 12.3. The number of carbonyl (C=O) groups is 4. The normalized spacial score (nSPS) is 19.9. The molecule has 8 rings (SSSR count). The molecule has 4 heterocycles. The largest absolute Gasteiger partial charge is 0.492 e. The molecule has 11 heteroatoms. The fourth-order valence-corrected chi connectivity index (χ4v) is 9.07. The SMILES string of the molecule is O=C1CCC(N2C(=O)c3ccc(N4CCN(CC5CCN(CCOc6ccc(C(=C(CCCl)c7ccccc7)c7ccccc7)cc6)CC5)CC4)cc3C2=O)C(=O)N1. The smallest absolute Gasteiger partial charge is 0.262 e. The molecule has 0 bridgehead atoms. The second-order valence-electron chi connectivity index (χ2n) is 15.6. The Morgan fingerprint density at radius 2 is 1.34 bits per heavy atom. The first kappa shape index (κ1) is 39.5. The quantitative estimate of drug-likeness (QED) is 0.0920. The highest BCUT2D eigenvalue weighted by Crippen LogP contribution is 2.36. The fraction of sp³-hybridized carbons (Fsp3) is 0.362. The van der Waals surface area contributed by atoms with Gasteiger partial charge in [0.1, 0.15) is 18.4 Å². The molecule has 0 radical (unpaired) electrons. The Labute approximate surface area is 345 Å². The molecule has 4 aliphatic heterocycles. The van der Waals surface area contributed by atoms with Crippen molar-refractivity contribution in [2.24, 2.45) is 5.92 Å². The van der Waals surface area contributed by atoms with Crippen LogP contribution in [0.5, 0.6) is 5.75 Å². The number of allylic oxidation sites excluding steroid dienone is 1. The Morgan fingerprint density at radius 3 is 2.02 bits per heavy atom. The second kappa shape index (κ2) is 18.1. The van der Waals surface area contributed by atoms with Gasteiger partial charge in [0.25, 0.3) is 11.8 Å². The first-order valence-corrected chi connectivity index (χ1v) is 21.1. The number of fused-ring (bicyclic) bond motifs is 1. The number of carbonyl (C=O) groups excluding carboxylic acids is 4. The molecule has 1 unspecified atom stereocenters. The molecule has 0 spiro atoms. The number of anilines is 1. The van der Waals surface area contributed by atoms with Gasteiger partial charge in [-0.05, 0) is 103 Å². The summed E-state index contributed by atoms with van der Waals surface area (Å²) in [6, 6.07) is 33.9. The van der Waals surface area contributed by atoms with Crippen LogP contribution in [0.1, 0.15) is 69.5 Å². The summed E-state index contributed by atoms with van der Waals surface area (Å²) in [6.07, 6.45) is 3.35. The van der Waals surface area contributed by atoms with Crippen molar-refractivity contribution >= 4 is 52.1 Å². The molecule has 4 amide bonds. The summed E-state index contributed by atoms with van der Waals surface area (Å²) in [5.74, 6) is 0.154. The molecule has 3 fully saturated rings. The van der Waals surface area contributed by atoms with Crippen molar-refractivity contribution in [1.29, 1.82) is 0 Å². The second-order valence-corrected chi connectivity index (χ2v) is 16.0. The minimum Gasteiger partial charge on any atom is -0.492 e. The Balaban J connectivity index is 0.788. The molecule has 0 aliphatic carbocycles. The summed E-state index contributed by atoms with van der Waals surface area (Å²) in [5.41, 5.74) is 7.47. The number of piperazine rings is 1. The average Bonchev–Trinajstić information content (AvgIpc) is 3.50. The van der Waals surface area contributed by atoms with Crippen LogP contribution < -0.4 is 15.0 Å². The van der Waals surface area contributed by atoms with Crippen LogP contribution in [0, 0.1) is 5.92 Å². The number of amides is 4. The molecular formula is C47H50ClN5O5. The number of nitrogens with one attached hydrogen (secondary N) is 1. The molecule has 1 atom stereocenters. The highest BCUT2D eigenvalue weighted by Gasteiger charge is 2.45. The molecule has 10 nitrogen and oxygen atoms in total. The standard InChI is InChI=1S/C47H50ClN5O5/c48-22-19-39(34-7-3-1-4-8-34)44(35-9-5-2-6-10-35)36-11-14-38(15-12-36)58-30-29-50-23-20-33(21-24-50)32-51-25-27-52(28-26-51)37-13-16-40-41(31-37)47(57)53(46(40)56)42-17-18-43(54)49-45(42)55/h1-16,31,33,42H,17-30,32H2,(H,49,54,55). The zero-order valence-electron chi connectivity index (χ0n) is 32.8. The van der Waals surface area contributed by atoms with Crippen molar-refractivity contribution in [3.63, 3.8) is 0 Å². The first-order valence-electron chi connectivity index (χ1n) is 20.5. The zero-order chi connectivity index (χ0) is 40.0. The molecule has 0 saturated carbocycles. The van der Waals surface area contributed by atoms with Crippen molar-refractivity contribution in [2.45, 2.75) is 38.1 Å². The van der Waals surface area contributed by atoms with Crippen LogP contribution >= 0.6 is 11.6 Å². The average molecular weight is 800 g/mol. The third-order valence-corrected chi connectivity index (χ3v) is 12.2. The summed E-state index contributed by atoms with van der Waals surface area (Å²) in [5, 5.41) is 2.25. The number of alkyl halides is 1. The lowest BCUT2D eigenvalue weighted by Gasteiger charge is -2.39. The topological polar surface area (TPSA) is 102 Å². The lowest BCUT2D eigenvalue weighted by molar-refractivity contribution is -0.136. The van der Waals surface area contributed by atoms with Crippen LogP contribution in [-0.2, 0) is 9.59 Å². The number of halogens is 1. The van der Waals surface area contributed by atoms with Crippen LogP contribution in [0.15, 0.2) is 103 Å². The Bertz CT molecular complexity index is 2150. The maximum absolute atomic E-state index is 13.3. The maximum atomic E-state index is 13.3. The van der Waals surface area contributed by atoms with Crippen LogP contribution in [0.25, 0.3) is 11.1 Å². The van der Waals surface area contributed by atoms with Crippen molar-refractivity contribution in [3.8, 4) is 5.75 Å². The van der Waals surface area contributed by atoms with E-state index in [0.717, 1.165) is 80.7 Å². The Morgan fingerprint density at radius 1 is 0.690 bits per heavy atom. The molecule has 58 heavy (non-hydrogen) atoms. The van der Waals surface area contributed by atoms with E-state index in [2.05, 4.69) is 92.8 Å². The van der Waals surface area contributed by atoms with Gasteiger partial charge in [0.15, 0.2) is 0 Å². The highest BCUT2D eigenvalue weighted by atomic mass is 35.5. The van der Waals surface area contributed by atoms with E-state index in [-0.39, 0.29) is 18.7 Å². The van der Waals surface area contributed by atoms with Crippen LogP contribution in [0.3, 0.4) is 0 Å². The van der Waals surface area contributed by atoms with E-state index in [1.165, 1.54) is 35.1 Å². The fourth-order valence-electron chi connectivity index (χ4n) is 8.88. The minimum atomic E-state index is -0.959. The number of piperidine rings is 2. The van der Waals surface area contributed by atoms with Gasteiger partial charge in [-0.25, -0.2) is 0 Å². The third kappa shape index (κ3) is 8.74. The van der Waals surface area contributed by atoms with E-state index in [0.29, 0.717) is 29.5 Å². The molecule has 3 saturated heterocycles. The van der Waals surface area contributed by atoms with E-state index >= 15 is 0 Å². The number of benzene rings is 4. The van der Waals surface area contributed by atoms with E-state index in [4.69, 9.17) is 16.3 Å². The number of hydrogen-bond acceptors (Lipinski definition) is 8. The summed E-state index contributed by atoms with van der Waals surface area (Å²) in [7, 11) is 0. The molecule has 1 N–H and O–H groups in total. The van der Waals surface area contributed by atoms with Crippen LogP contribution in [0.2, 0.25) is 0 Å². The van der Waals surface area contributed by atoms with E-state index < -0.39 is 23.8 Å². The van der Waals surface area contributed by atoms with Crippen molar-refractivity contribution in [3.05, 3.63) is 131 Å². The van der Waals surface area contributed by atoms with Gasteiger partial charge in [0.2, 0.25) is 11.8 Å². The number of likely N-dealkylation sites (tertiary alicyclic amines) is 1. The van der Waals surface area contributed by atoms with Gasteiger partial charge in [-0.1, -0.05) is 72.8 Å². The monoisotopic (exact) mass is 799 g/mol. The molecule has 300 valence electrons. The van der Waals surface area contributed by atoms with Gasteiger partial charge in [-0.15, -0.1) is 11.6 Å². The number of rotatable bonds is 13. The van der Waals surface area contributed by atoms with E-state index in [1.54, 1.807) is 12.1 Å². The predicted octanol–water partition coefficient (Wildman–Crippen LogP) is 6.59. The summed E-state index contributed by atoms with van der Waals surface area (Å²) >= 11 is 6.34.